The molecule has 0 spiro atoms. The molecule has 3 aromatic rings. The van der Waals surface area contributed by atoms with Crippen LogP contribution in [0.3, 0.4) is 0 Å². The fraction of sp³-hybridized carbons (Fsp3) is 0.250. The molecule has 10 heteroatoms. The fourth-order valence-corrected chi connectivity index (χ4v) is 2.60. The van der Waals surface area contributed by atoms with E-state index in [9.17, 15) is 23.2 Å². The minimum Gasteiger partial charge on any atom is -0.322 e. The third-order valence-electron chi connectivity index (χ3n) is 4.08. The Kier molecular flexibility index (Phi) is 4.18. The summed E-state index contributed by atoms with van der Waals surface area (Å²) in [7, 11) is 2.76. The summed E-state index contributed by atoms with van der Waals surface area (Å²) >= 11 is 0. The Morgan fingerprint density at radius 3 is 2.54 bits per heavy atom. The predicted molar refractivity (Wildman–Crippen MR) is 89.9 cm³/mol. The van der Waals surface area contributed by atoms with E-state index in [0.717, 1.165) is 4.57 Å². The second kappa shape index (κ2) is 6.21. The normalized spacial score (nSPS) is 11.1. The van der Waals surface area contributed by atoms with Gasteiger partial charge in [0.05, 0.1) is 12.0 Å². The predicted octanol–water partition coefficient (Wildman–Crippen LogP) is 0.659. The molecule has 1 amide bonds. The number of amides is 1. The lowest BCUT2D eigenvalue weighted by molar-refractivity contribution is -0.116. The van der Waals surface area contributed by atoms with Crippen molar-refractivity contribution in [3.8, 4) is 0 Å². The van der Waals surface area contributed by atoms with Crippen LogP contribution in [0.5, 0.6) is 0 Å². The van der Waals surface area contributed by atoms with Gasteiger partial charge in [0.1, 0.15) is 6.54 Å². The van der Waals surface area contributed by atoms with Crippen LogP contribution in [0.25, 0.3) is 11.2 Å². The van der Waals surface area contributed by atoms with Crippen LogP contribution in [-0.2, 0) is 25.4 Å². The van der Waals surface area contributed by atoms with Gasteiger partial charge in [0, 0.05) is 14.1 Å². The van der Waals surface area contributed by atoms with E-state index < -0.39 is 28.8 Å². The van der Waals surface area contributed by atoms with Crippen molar-refractivity contribution in [2.24, 2.45) is 14.1 Å². The number of aryl methyl sites for hydroxylation is 2. The molecule has 0 saturated heterocycles. The number of nitrogens with one attached hydrogen (secondary N) is 1. The van der Waals surface area contributed by atoms with Crippen LogP contribution in [0.15, 0.2) is 28.0 Å². The van der Waals surface area contributed by atoms with Crippen molar-refractivity contribution in [1.29, 1.82) is 0 Å². The molecule has 0 unspecified atom stereocenters. The van der Waals surface area contributed by atoms with E-state index in [1.807, 2.05) is 0 Å². The number of halogens is 2. The van der Waals surface area contributed by atoms with Gasteiger partial charge in [0.15, 0.2) is 22.8 Å². The Morgan fingerprint density at radius 2 is 1.85 bits per heavy atom. The van der Waals surface area contributed by atoms with E-state index in [2.05, 4.69) is 10.3 Å². The minimum absolute atomic E-state index is 0.0558. The highest BCUT2D eigenvalue weighted by molar-refractivity contribution is 5.91. The standard InChI is InChI=1S/C16H15F2N5O3/c1-8-4-5-9(12(18)11(8)17)20-10(24)6-23-7-19-14-13(23)15(25)22(3)16(26)21(14)2/h4-5,7H,6H2,1-3H3,(H,20,24). The molecule has 0 aliphatic carbocycles. The summed E-state index contributed by atoms with van der Waals surface area (Å²) in [6, 6.07) is 2.59. The molecular formula is C16H15F2N5O3. The molecule has 3 rings (SSSR count). The van der Waals surface area contributed by atoms with Crippen LogP contribution in [0, 0.1) is 18.6 Å². The van der Waals surface area contributed by atoms with Gasteiger partial charge in [-0.25, -0.2) is 18.6 Å². The molecule has 26 heavy (non-hydrogen) atoms. The molecule has 0 aliphatic rings. The summed E-state index contributed by atoms with van der Waals surface area (Å²) < 4.78 is 30.8. The Morgan fingerprint density at radius 1 is 1.15 bits per heavy atom. The maximum atomic E-state index is 13.9. The number of carbonyl (C=O) groups is 1. The first-order valence-corrected chi connectivity index (χ1v) is 7.57. The number of nitrogens with zero attached hydrogens (tertiary/aromatic N) is 4. The number of anilines is 1. The maximum Gasteiger partial charge on any atom is 0.332 e. The Hall–Kier alpha value is -3.30. The van der Waals surface area contributed by atoms with Gasteiger partial charge in [-0.2, -0.15) is 0 Å². The smallest absolute Gasteiger partial charge is 0.322 e. The van der Waals surface area contributed by atoms with Crippen molar-refractivity contribution in [2.75, 3.05) is 5.32 Å². The number of hydrogen-bond acceptors (Lipinski definition) is 4. The molecule has 0 bridgehead atoms. The molecule has 1 aromatic carbocycles. The molecule has 136 valence electrons. The van der Waals surface area contributed by atoms with Gasteiger partial charge in [-0.15, -0.1) is 0 Å². The van der Waals surface area contributed by atoms with E-state index in [1.54, 1.807) is 0 Å². The number of hydrogen-bond donors (Lipinski definition) is 1. The zero-order valence-electron chi connectivity index (χ0n) is 14.2. The number of aromatic nitrogens is 4. The average Bonchev–Trinajstić information content (AvgIpc) is 3.02. The van der Waals surface area contributed by atoms with E-state index in [4.69, 9.17) is 0 Å². The van der Waals surface area contributed by atoms with Crippen molar-refractivity contribution in [1.82, 2.24) is 18.7 Å². The van der Waals surface area contributed by atoms with E-state index >= 15 is 0 Å². The molecule has 0 atom stereocenters. The molecule has 1 N–H and O–H groups in total. The van der Waals surface area contributed by atoms with Crippen LogP contribution in [0.1, 0.15) is 5.56 Å². The molecule has 0 saturated carbocycles. The Labute approximate surface area is 145 Å². The van der Waals surface area contributed by atoms with Gasteiger partial charge in [0.2, 0.25) is 5.91 Å². The number of benzene rings is 1. The average molecular weight is 363 g/mol. The molecule has 8 nitrogen and oxygen atoms in total. The summed E-state index contributed by atoms with van der Waals surface area (Å²) in [5, 5.41) is 2.26. The van der Waals surface area contributed by atoms with Gasteiger partial charge in [-0.05, 0) is 18.6 Å². The maximum absolute atomic E-state index is 13.9. The second-order valence-electron chi connectivity index (χ2n) is 5.86. The first-order valence-electron chi connectivity index (χ1n) is 7.57. The van der Waals surface area contributed by atoms with Crippen molar-refractivity contribution in [2.45, 2.75) is 13.5 Å². The van der Waals surface area contributed by atoms with Gasteiger partial charge >= 0.3 is 5.69 Å². The quantitative estimate of drug-likeness (QED) is 0.740. The lowest BCUT2D eigenvalue weighted by atomic mass is 10.2. The summed E-state index contributed by atoms with van der Waals surface area (Å²) in [5.41, 5.74) is -1.16. The van der Waals surface area contributed by atoms with Crippen LogP contribution in [0.2, 0.25) is 0 Å². The highest BCUT2D eigenvalue weighted by Gasteiger charge is 2.17. The number of imidazole rings is 1. The van der Waals surface area contributed by atoms with Crippen LogP contribution in [0.4, 0.5) is 14.5 Å². The lowest BCUT2D eigenvalue weighted by Gasteiger charge is -2.09. The lowest BCUT2D eigenvalue weighted by Crippen LogP contribution is -2.37. The summed E-state index contributed by atoms with van der Waals surface area (Å²) in [4.78, 5) is 40.4. The highest BCUT2D eigenvalue weighted by Crippen LogP contribution is 2.20. The SMILES string of the molecule is Cc1ccc(NC(=O)Cn2cnc3c2c(=O)n(C)c(=O)n3C)c(F)c1F. The molecule has 2 aromatic heterocycles. The van der Waals surface area contributed by atoms with Crippen molar-refractivity contribution in [3.05, 3.63) is 56.5 Å². The van der Waals surface area contributed by atoms with E-state index in [-0.39, 0.29) is 29.0 Å². The Bertz CT molecular complexity index is 1160. The van der Waals surface area contributed by atoms with E-state index in [1.165, 1.54) is 48.6 Å². The van der Waals surface area contributed by atoms with Crippen LogP contribution >= 0.6 is 0 Å². The Balaban J connectivity index is 1.95. The van der Waals surface area contributed by atoms with Gasteiger partial charge in [-0.1, -0.05) is 6.07 Å². The monoisotopic (exact) mass is 363 g/mol. The summed E-state index contributed by atoms with van der Waals surface area (Å²) in [5.74, 6) is -2.88. The van der Waals surface area contributed by atoms with Crippen LogP contribution < -0.4 is 16.6 Å². The first-order chi connectivity index (χ1) is 12.2. The zero-order valence-corrected chi connectivity index (χ0v) is 14.2. The van der Waals surface area contributed by atoms with E-state index in [0.29, 0.717) is 0 Å². The number of fused-ring (bicyclic) bond motifs is 1. The van der Waals surface area contributed by atoms with Gasteiger partial charge < -0.3 is 9.88 Å². The van der Waals surface area contributed by atoms with Crippen molar-refractivity contribution in [3.63, 3.8) is 0 Å². The second-order valence-corrected chi connectivity index (χ2v) is 5.86. The fourth-order valence-electron chi connectivity index (χ4n) is 2.60. The minimum atomic E-state index is -1.16. The van der Waals surface area contributed by atoms with Crippen molar-refractivity contribution >= 4 is 22.8 Å². The summed E-state index contributed by atoms with van der Waals surface area (Å²) in [6.45, 7) is 1.04. The highest BCUT2D eigenvalue weighted by atomic mass is 19.2. The molecule has 2 heterocycles. The van der Waals surface area contributed by atoms with Gasteiger partial charge in [0.25, 0.3) is 5.56 Å². The van der Waals surface area contributed by atoms with Crippen LogP contribution in [-0.4, -0.2) is 24.6 Å². The van der Waals surface area contributed by atoms with Gasteiger partial charge in [-0.3, -0.25) is 18.7 Å². The molecule has 0 radical (unpaired) electrons. The zero-order chi connectivity index (χ0) is 19.2. The number of rotatable bonds is 3. The van der Waals surface area contributed by atoms with Crippen molar-refractivity contribution < 1.29 is 13.6 Å². The third kappa shape index (κ3) is 2.68. The molecular weight excluding hydrogens is 348 g/mol. The largest absolute Gasteiger partial charge is 0.332 e. The summed E-state index contributed by atoms with van der Waals surface area (Å²) in [6.07, 6.45) is 1.23. The number of carbonyl (C=O) groups excluding carboxylic acids is 1. The molecule has 0 fully saturated rings. The first kappa shape index (κ1) is 17.5. The topological polar surface area (TPSA) is 90.9 Å². The molecule has 0 aliphatic heterocycles. The third-order valence-corrected chi connectivity index (χ3v) is 4.08.